The fraction of sp³-hybridized carbons (Fsp3) is 0.133. The summed E-state index contributed by atoms with van der Waals surface area (Å²) in [6, 6.07) is 13.2. The van der Waals surface area contributed by atoms with Gasteiger partial charge in [0.15, 0.2) is 0 Å². The Hall–Kier alpha value is -3.07. The lowest BCUT2D eigenvalue weighted by Gasteiger charge is -2.08. The molecule has 0 saturated carbocycles. The SMILES string of the molecule is COc1cccc(COc2ccc([N+](=O)[O-])cc2C#N)c1. The van der Waals surface area contributed by atoms with Crippen molar-refractivity contribution in [1.82, 2.24) is 0 Å². The predicted molar refractivity (Wildman–Crippen MR) is 75.1 cm³/mol. The molecule has 0 amide bonds. The second-order valence-electron chi connectivity index (χ2n) is 4.19. The molecule has 6 heteroatoms. The first kappa shape index (κ1) is 14.3. The van der Waals surface area contributed by atoms with Crippen LogP contribution in [0.25, 0.3) is 0 Å². The Morgan fingerprint density at radius 3 is 2.76 bits per heavy atom. The molecule has 6 nitrogen and oxygen atoms in total. The number of rotatable bonds is 5. The fourth-order valence-corrected chi connectivity index (χ4v) is 1.77. The molecular formula is C15H12N2O4. The van der Waals surface area contributed by atoms with Crippen molar-refractivity contribution >= 4 is 5.69 Å². The summed E-state index contributed by atoms with van der Waals surface area (Å²) in [5, 5.41) is 19.7. The van der Waals surface area contributed by atoms with E-state index in [1.807, 2.05) is 30.3 Å². The molecular weight excluding hydrogens is 272 g/mol. The molecule has 0 fully saturated rings. The number of ether oxygens (including phenoxy) is 2. The van der Waals surface area contributed by atoms with Gasteiger partial charge in [-0.2, -0.15) is 5.26 Å². The van der Waals surface area contributed by atoms with Crippen LogP contribution >= 0.6 is 0 Å². The van der Waals surface area contributed by atoms with E-state index in [-0.39, 0.29) is 17.9 Å². The second-order valence-corrected chi connectivity index (χ2v) is 4.19. The normalized spacial score (nSPS) is 9.71. The number of nitrogens with zero attached hydrogens (tertiary/aromatic N) is 2. The van der Waals surface area contributed by atoms with Crippen LogP contribution in [0.4, 0.5) is 5.69 Å². The molecule has 0 radical (unpaired) electrons. The maximum absolute atomic E-state index is 10.7. The number of non-ortho nitro benzene ring substituents is 1. The lowest BCUT2D eigenvalue weighted by molar-refractivity contribution is -0.384. The van der Waals surface area contributed by atoms with Crippen LogP contribution in [-0.2, 0) is 6.61 Å². The molecule has 0 aliphatic heterocycles. The van der Waals surface area contributed by atoms with E-state index in [1.54, 1.807) is 7.11 Å². The average molecular weight is 284 g/mol. The van der Waals surface area contributed by atoms with Crippen molar-refractivity contribution in [1.29, 1.82) is 5.26 Å². The van der Waals surface area contributed by atoms with Gasteiger partial charge in [-0.1, -0.05) is 12.1 Å². The lowest BCUT2D eigenvalue weighted by atomic mass is 10.2. The number of methoxy groups -OCH3 is 1. The van der Waals surface area contributed by atoms with Crippen LogP contribution < -0.4 is 9.47 Å². The monoisotopic (exact) mass is 284 g/mol. The van der Waals surface area contributed by atoms with Crippen LogP contribution in [0.15, 0.2) is 42.5 Å². The average Bonchev–Trinajstić information content (AvgIpc) is 2.52. The van der Waals surface area contributed by atoms with Gasteiger partial charge in [0.25, 0.3) is 5.69 Å². The third-order valence-corrected chi connectivity index (χ3v) is 2.82. The zero-order valence-corrected chi connectivity index (χ0v) is 11.3. The van der Waals surface area contributed by atoms with Crippen LogP contribution in [0.2, 0.25) is 0 Å². The van der Waals surface area contributed by atoms with E-state index in [1.165, 1.54) is 18.2 Å². The van der Waals surface area contributed by atoms with Gasteiger partial charge in [0.2, 0.25) is 0 Å². The molecule has 0 saturated heterocycles. The highest BCUT2D eigenvalue weighted by atomic mass is 16.6. The maximum atomic E-state index is 10.7. The van der Waals surface area contributed by atoms with E-state index in [0.29, 0.717) is 11.5 Å². The van der Waals surface area contributed by atoms with Crippen molar-refractivity contribution < 1.29 is 14.4 Å². The Bertz CT molecular complexity index is 707. The van der Waals surface area contributed by atoms with Crippen molar-refractivity contribution in [3.63, 3.8) is 0 Å². The first-order valence-corrected chi connectivity index (χ1v) is 6.08. The molecule has 0 aliphatic rings. The Morgan fingerprint density at radius 2 is 2.10 bits per heavy atom. The van der Waals surface area contributed by atoms with E-state index in [0.717, 1.165) is 5.56 Å². The van der Waals surface area contributed by atoms with Gasteiger partial charge in [0.1, 0.15) is 29.7 Å². The number of hydrogen-bond donors (Lipinski definition) is 0. The lowest BCUT2D eigenvalue weighted by Crippen LogP contribution is -1.98. The van der Waals surface area contributed by atoms with Gasteiger partial charge < -0.3 is 9.47 Å². The number of nitro benzene ring substituents is 1. The predicted octanol–water partition coefficient (Wildman–Crippen LogP) is 3.05. The summed E-state index contributed by atoms with van der Waals surface area (Å²) in [4.78, 5) is 10.1. The van der Waals surface area contributed by atoms with Gasteiger partial charge in [0, 0.05) is 12.1 Å². The minimum absolute atomic E-state index is 0.132. The number of nitriles is 1. The standard InChI is InChI=1S/C15H12N2O4/c1-20-14-4-2-3-11(7-14)10-21-15-6-5-13(17(18)19)8-12(15)9-16/h2-8H,10H2,1H3. The van der Waals surface area contributed by atoms with Crippen molar-refractivity contribution in [2.75, 3.05) is 7.11 Å². The van der Waals surface area contributed by atoms with E-state index in [2.05, 4.69) is 0 Å². The van der Waals surface area contributed by atoms with Crippen molar-refractivity contribution in [3.8, 4) is 17.6 Å². The highest BCUT2D eigenvalue weighted by Gasteiger charge is 2.11. The molecule has 0 aromatic heterocycles. The van der Waals surface area contributed by atoms with Crippen LogP contribution in [0, 0.1) is 21.4 Å². The summed E-state index contributed by atoms with van der Waals surface area (Å²) in [6.07, 6.45) is 0. The van der Waals surface area contributed by atoms with Crippen molar-refractivity contribution in [2.45, 2.75) is 6.61 Å². The van der Waals surface area contributed by atoms with Crippen molar-refractivity contribution in [2.24, 2.45) is 0 Å². The smallest absolute Gasteiger partial charge is 0.271 e. The molecule has 0 atom stereocenters. The van der Waals surface area contributed by atoms with Gasteiger partial charge >= 0.3 is 0 Å². The van der Waals surface area contributed by atoms with E-state index < -0.39 is 4.92 Å². The first-order valence-electron chi connectivity index (χ1n) is 6.08. The molecule has 2 rings (SSSR count). The van der Waals surface area contributed by atoms with Gasteiger partial charge in [0.05, 0.1) is 12.0 Å². The molecule has 106 valence electrons. The maximum Gasteiger partial charge on any atom is 0.271 e. The second kappa shape index (κ2) is 6.39. The summed E-state index contributed by atoms with van der Waals surface area (Å²) in [5.74, 6) is 1.02. The van der Waals surface area contributed by atoms with E-state index in [9.17, 15) is 10.1 Å². The molecule has 0 heterocycles. The largest absolute Gasteiger partial charge is 0.497 e. The van der Waals surface area contributed by atoms with Crippen molar-refractivity contribution in [3.05, 3.63) is 63.7 Å². The summed E-state index contributed by atoms with van der Waals surface area (Å²) in [6.45, 7) is 0.240. The van der Waals surface area contributed by atoms with Gasteiger partial charge in [-0.15, -0.1) is 0 Å². The number of hydrogen-bond acceptors (Lipinski definition) is 5. The summed E-state index contributed by atoms with van der Waals surface area (Å²) >= 11 is 0. The molecule has 0 aliphatic carbocycles. The van der Waals surface area contributed by atoms with Crippen LogP contribution in [0.5, 0.6) is 11.5 Å². The van der Waals surface area contributed by atoms with Crippen LogP contribution in [0.1, 0.15) is 11.1 Å². The highest BCUT2D eigenvalue weighted by molar-refractivity contribution is 5.50. The number of benzene rings is 2. The summed E-state index contributed by atoms with van der Waals surface area (Å²) in [5.41, 5.74) is 0.865. The van der Waals surface area contributed by atoms with Gasteiger partial charge in [-0.05, 0) is 23.8 Å². The Balaban J connectivity index is 2.16. The number of nitro groups is 1. The zero-order chi connectivity index (χ0) is 15.2. The molecule has 0 spiro atoms. The summed E-state index contributed by atoms with van der Waals surface area (Å²) < 4.78 is 10.7. The minimum atomic E-state index is -0.549. The van der Waals surface area contributed by atoms with E-state index >= 15 is 0 Å². The molecule has 2 aromatic carbocycles. The third kappa shape index (κ3) is 3.48. The molecule has 0 unspecified atom stereocenters. The zero-order valence-electron chi connectivity index (χ0n) is 11.3. The topological polar surface area (TPSA) is 85.4 Å². The van der Waals surface area contributed by atoms with E-state index in [4.69, 9.17) is 14.7 Å². The molecule has 0 N–H and O–H groups in total. The highest BCUT2D eigenvalue weighted by Crippen LogP contribution is 2.24. The van der Waals surface area contributed by atoms with Gasteiger partial charge in [-0.3, -0.25) is 10.1 Å². The molecule has 0 bridgehead atoms. The first-order chi connectivity index (χ1) is 10.1. The fourth-order valence-electron chi connectivity index (χ4n) is 1.77. The Kier molecular flexibility index (Phi) is 4.36. The third-order valence-electron chi connectivity index (χ3n) is 2.82. The minimum Gasteiger partial charge on any atom is -0.497 e. The van der Waals surface area contributed by atoms with Gasteiger partial charge in [-0.25, -0.2) is 0 Å². The molecule has 2 aromatic rings. The van der Waals surface area contributed by atoms with Crippen LogP contribution in [-0.4, -0.2) is 12.0 Å². The van der Waals surface area contributed by atoms with Crippen LogP contribution in [0.3, 0.4) is 0 Å². The molecule has 21 heavy (non-hydrogen) atoms. The Morgan fingerprint density at radius 1 is 1.29 bits per heavy atom. The Labute approximate surface area is 121 Å². The quantitative estimate of drug-likeness (QED) is 0.622. The summed E-state index contributed by atoms with van der Waals surface area (Å²) in [7, 11) is 1.57.